The monoisotopic (exact) mass is 790 g/mol. The van der Waals surface area contributed by atoms with Gasteiger partial charge in [0.2, 0.25) is 0 Å². The van der Waals surface area contributed by atoms with Crippen LogP contribution in [-0.2, 0) is 5.41 Å². The third-order valence-corrected chi connectivity index (χ3v) is 12.5. The molecule has 0 amide bonds. The molecule has 1 aliphatic carbocycles. The zero-order valence-corrected chi connectivity index (χ0v) is 33.7. The minimum Gasteiger partial charge on any atom is -0.309 e. The Hall–Kier alpha value is -8.21. The van der Waals surface area contributed by atoms with Crippen molar-refractivity contribution in [1.29, 1.82) is 0 Å². The summed E-state index contributed by atoms with van der Waals surface area (Å²) in [5, 5.41) is 2.38. The second-order valence-electron chi connectivity index (χ2n) is 16.0. The molecule has 0 aliphatic heterocycles. The van der Waals surface area contributed by atoms with E-state index in [0.717, 1.165) is 39.0 Å². The predicted octanol–water partition coefficient (Wildman–Crippen LogP) is 14.0. The van der Waals surface area contributed by atoms with Crippen LogP contribution in [0.1, 0.15) is 22.3 Å². The Labute approximate surface area is 360 Å². The molecule has 9 aromatic carbocycles. The van der Waals surface area contributed by atoms with Gasteiger partial charge in [-0.2, -0.15) is 0 Å². The molecule has 0 bridgehead atoms. The zero-order valence-electron chi connectivity index (χ0n) is 33.7. The lowest BCUT2D eigenvalue weighted by molar-refractivity contribution is 0.770. The number of hydrogen-bond acceptors (Lipinski definition) is 3. The van der Waals surface area contributed by atoms with Crippen LogP contribution < -0.4 is 0 Å². The van der Waals surface area contributed by atoms with E-state index in [1.54, 1.807) is 0 Å². The zero-order chi connectivity index (χ0) is 41.0. The molecular formula is C58H38N4. The van der Waals surface area contributed by atoms with Gasteiger partial charge in [-0.3, -0.25) is 0 Å². The molecule has 0 N–H and O–H groups in total. The van der Waals surface area contributed by atoms with E-state index in [0.29, 0.717) is 17.5 Å². The molecule has 0 radical (unpaired) electrons. The topological polar surface area (TPSA) is 43.6 Å². The van der Waals surface area contributed by atoms with Crippen LogP contribution in [0, 0.1) is 0 Å². The Morgan fingerprint density at radius 2 is 0.823 bits per heavy atom. The molecule has 4 nitrogen and oxygen atoms in total. The number of rotatable bonds is 7. The van der Waals surface area contributed by atoms with Crippen molar-refractivity contribution in [3.8, 4) is 62.1 Å². The quantitative estimate of drug-likeness (QED) is 0.161. The number of benzene rings is 9. The molecule has 0 saturated carbocycles. The lowest BCUT2D eigenvalue weighted by atomic mass is 9.67. The first-order valence-corrected chi connectivity index (χ1v) is 21.1. The first-order chi connectivity index (χ1) is 30.7. The van der Waals surface area contributed by atoms with E-state index in [1.165, 1.54) is 49.7 Å². The summed E-state index contributed by atoms with van der Waals surface area (Å²) in [5.74, 6) is 1.90. The summed E-state index contributed by atoms with van der Waals surface area (Å²) >= 11 is 0. The Balaban J connectivity index is 1.10. The number of hydrogen-bond donors (Lipinski definition) is 0. The first-order valence-electron chi connectivity index (χ1n) is 21.1. The van der Waals surface area contributed by atoms with Crippen molar-refractivity contribution in [1.82, 2.24) is 19.5 Å². The third kappa shape index (κ3) is 5.65. The number of nitrogens with zero attached hydrogens (tertiary/aromatic N) is 4. The average molecular weight is 791 g/mol. The van der Waals surface area contributed by atoms with Gasteiger partial charge in [0.15, 0.2) is 17.5 Å². The third-order valence-electron chi connectivity index (χ3n) is 12.5. The van der Waals surface area contributed by atoms with Gasteiger partial charge in [0.25, 0.3) is 0 Å². The van der Waals surface area contributed by atoms with Gasteiger partial charge in [-0.05, 0) is 74.8 Å². The lowest BCUT2D eigenvalue weighted by Gasteiger charge is -2.34. The van der Waals surface area contributed by atoms with Gasteiger partial charge in [-0.1, -0.05) is 200 Å². The molecule has 2 heterocycles. The summed E-state index contributed by atoms with van der Waals surface area (Å²) in [5.41, 5.74) is 15.6. The molecule has 12 rings (SSSR count). The molecule has 2 aromatic heterocycles. The van der Waals surface area contributed by atoms with Crippen molar-refractivity contribution in [2.45, 2.75) is 5.41 Å². The highest BCUT2D eigenvalue weighted by Gasteiger charge is 2.46. The van der Waals surface area contributed by atoms with Crippen LogP contribution in [0.25, 0.3) is 83.9 Å². The maximum atomic E-state index is 5.10. The molecule has 11 aromatic rings. The van der Waals surface area contributed by atoms with E-state index in [4.69, 9.17) is 15.0 Å². The highest BCUT2D eigenvalue weighted by atomic mass is 15.0. The van der Waals surface area contributed by atoms with Crippen molar-refractivity contribution in [2.75, 3.05) is 0 Å². The SMILES string of the molecule is c1ccc(-c2ccc3c4cc(C5(c6ccccc6)c6ccccc6-c6ccccc65)ccc4n(-c4cccc(-c5nc(-c6ccccc6)nc(-c6ccccc6)n5)c4)c3c2)cc1. The van der Waals surface area contributed by atoms with E-state index < -0.39 is 5.41 Å². The van der Waals surface area contributed by atoms with Gasteiger partial charge in [0.1, 0.15) is 0 Å². The van der Waals surface area contributed by atoms with Gasteiger partial charge in [0.05, 0.1) is 16.4 Å². The molecule has 1 aliphatic rings. The van der Waals surface area contributed by atoms with Crippen LogP contribution in [-0.4, -0.2) is 19.5 Å². The molecule has 4 heteroatoms. The highest BCUT2D eigenvalue weighted by molar-refractivity contribution is 6.11. The minimum atomic E-state index is -0.507. The second kappa shape index (κ2) is 14.5. The molecule has 62 heavy (non-hydrogen) atoms. The minimum absolute atomic E-state index is 0.507. The Bertz CT molecular complexity index is 3350. The summed E-state index contributed by atoms with van der Waals surface area (Å²) in [6.45, 7) is 0. The van der Waals surface area contributed by atoms with E-state index in [9.17, 15) is 0 Å². The van der Waals surface area contributed by atoms with Crippen LogP contribution >= 0.6 is 0 Å². The summed E-state index contributed by atoms with van der Waals surface area (Å²) in [6, 6.07) is 82.5. The normalized spacial score (nSPS) is 12.6. The molecule has 0 saturated heterocycles. The van der Waals surface area contributed by atoms with E-state index in [2.05, 4.69) is 174 Å². The summed E-state index contributed by atoms with van der Waals surface area (Å²) in [7, 11) is 0. The molecule has 0 atom stereocenters. The van der Waals surface area contributed by atoms with E-state index in [1.807, 2.05) is 60.7 Å². The van der Waals surface area contributed by atoms with Gasteiger partial charge in [-0.15, -0.1) is 0 Å². The van der Waals surface area contributed by atoms with Crippen molar-refractivity contribution in [3.05, 3.63) is 253 Å². The van der Waals surface area contributed by atoms with Crippen molar-refractivity contribution >= 4 is 21.8 Å². The Morgan fingerprint density at radius 1 is 0.306 bits per heavy atom. The molecule has 0 spiro atoms. The van der Waals surface area contributed by atoms with E-state index >= 15 is 0 Å². The first kappa shape index (κ1) is 35.7. The molecule has 0 unspecified atom stereocenters. The van der Waals surface area contributed by atoms with Crippen molar-refractivity contribution in [2.24, 2.45) is 0 Å². The van der Waals surface area contributed by atoms with Crippen LogP contribution in [0.15, 0.2) is 231 Å². The van der Waals surface area contributed by atoms with Crippen LogP contribution in [0.2, 0.25) is 0 Å². The number of fused-ring (bicyclic) bond motifs is 6. The molecule has 290 valence electrons. The van der Waals surface area contributed by atoms with Gasteiger partial charge in [-0.25, -0.2) is 15.0 Å². The summed E-state index contributed by atoms with van der Waals surface area (Å²) in [4.78, 5) is 15.2. The summed E-state index contributed by atoms with van der Waals surface area (Å²) in [6.07, 6.45) is 0. The van der Waals surface area contributed by atoms with Crippen molar-refractivity contribution in [3.63, 3.8) is 0 Å². The van der Waals surface area contributed by atoms with E-state index in [-0.39, 0.29) is 0 Å². The van der Waals surface area contributed by atoms with Gasteiger partial charge in [0, 0.05) is 33.2 Å². The Morgan fingerprint density at radius 3 is 1.44 bits per heavy atom. The maximum absolute atomic E-state index is 5.10. The van der Waals surface area contributed by atoms with Crippen LogP contribution in [0.4, 0.5) is 0 Å². The van der Waals surface area contributed by atoms with Crippen LogP contribution in [0.3, 0.4) is 0 Å². The van der Waals surface area contributed by atoms with Crippen molar-refractivity contribution < 1.29 is 0 Å². The van der Waals surface area contributed by atoms with Crippen LogP contribution in [0.5, 0.6) is 0 Å². The predicted molar refractivity (Wildman–Crippen MR) is 253 cm³/mol. The largest absolute Gasteiger partial charge is 0.309 e. The average Bonchev–Trinajstić information content (AvgIpc) is 3.85. The number of aromatic nitrogens is 4. The second-order valence-corrected chi connectivity index (χ2v) is 16.0. The standard InChI is InChI=1S/C58H38N4/c1-5-18-39(19-6-1)42-32-34-49-50-38-45(58(44-25-11-4-12-26-44)51-30-15-13-28-47(51)48-29-14-16-31-52(48)58)33-35-53(50)62(54(49)37-42)46-27-17-24-43(36-46)57-60-55(40-20-7-2-8-21-40)59-56(61-57)41-22-9-3-10-23-41/h1-38H. The molecule has 0 fully saturated rings. The van der Waals surface area contributed by atoms with Gasteiger partial charge >= 0.3 is 0 Å². The highest BCUT2D eigenvalue weighted by Crippen LogP contribution is 2.56. The smallest absolute Gasteiger partial charge is 0.164 e. The Kier molecular flexibility index (Phi) is 8.36. The fourth-order valence-corrected chi connectivity index (χ4v) is 9.78. The molecular weight excluding hydrogens is 753 g/mol. The van der Waals surface area contributed by atoms with Gasteiger partial charge < -0.3 is 4.57 Å². The maximum Gasteiger partial charge on any atom is 0.164 e. The fourth-order valence-electron chi connectivity index (χ4n) is 9.78. The lowest BCUT2D eigenvalue weighted by Crippen LogP contribution is -2.28. The fraction of sp³-hybridized carbons (Fsp3) is 0.0172. The summed E-state index contributed by atoms with van der Waals surface area (Å²) < 4.78 is 2.41.